The molecule has 0 unspecified atom stereocenters. The largest absolute Gasteiger partial charge is 0.490 e. The molecule has 1 N–H and O–H groups in total. The van der Waals surface area contributed by atoms with Gasteiger partial charge in [0.2, 0.25) is 10.0 Å². The van der Waals surface area contributed by atoms with Crippen molar-refractivity contribution >= 4 is 21.8 Å². The Bertz CT molecular complexity index is 841. The lowest BCUT2D eigenvalue weighted by atomic mass is 10.1. The SMILES string of the molecule is COc1ccc(S(=O)(=O)N2CCC(NC(=O)OC(C)(C)C)CC2)cc1[N+](=O)[O-]. The Morgan fingerprint density at radius 2 is 1.89 bits per heavy atom. The van der Waals surface area contributed by atoms with E-state index in [2.05, 4.69) is 5.32 Å². The van der Waals surface area contributed by atoms with Gasteiger partial charge in [0.15, 0.2) is 5.75 Å². The van der Waals surface area contributed by atoms with Gasteiger partial charge >= 0.3 is 11.8 Å². The summed E-state index contributed by atoms with van der Waals surface area (Å²) in [5, 5.41) is 13.9. The Morgan fingerprint density at radius 3 is 2.39 bits per heavy atom. The van der Waals surface area contributed by atoms with Gasteiger partial charge in [-0.3, -0.25) is 10.1 Å². The number of rotatable bonds is 5. The molecule has 0 aliphatic carbocycles. The van der Waals surface area contributed by atoms with E-state index in [1.807, 2.05) is 0 Å². The number of sulfonamides is 1. The zero-order chi connectivity index (χ0) is 21.1. The van der Waals surface area contributed by atoms with E-state index in [0.717, 1.165) is 6.07 Å². The number of carbonyl (C=O) groups excluding carboxylic acids is 1. The van der Waals surface area contributed by atoms with Crippen molar-refractivity contribution < 1.29 is 27.6 Å². The molecule has 1 fully saturated rings. The molecule has 0 saturated carbocycles. The highest BCUT2D eigenvalue weighted by molar-refractivity contribution is 7.89. The Labute approximate surface area is 164 Å². The fraction of sp³-hybridized carbons (Fsp3) is 0.588. The van der Waals surface area contributed by atoms with Crippen LogP contribution >= 0.6 is 0 Å². The second kappa shape index (κ2) is 8.31. The first-order valence-electron chi connectivity index (χ1n) is 8.76. The highest BCUT2D eigenvalue weighted by Gasteiger charge is 2.32. The maximum Gasteiger partial charge on any atom is 0.407 e. The Hall–Kier alpha value is -2.40. The van der Waals surface area contributed by atoms with Gasteiger partial charge in [-0.2, -0.15) is 4.31 Å². The molecule has 1 aliphatic heterocycles. The van der Waals surface area contributed by atoms with E-state index >= 15 is 0 Å². The number of benzene rings is 1. The van der Waals surface area contributed by atoms with Crippen molar-refractivity contribution in [2.45, 2.75) is 50.2 Å². The number of nitrogens with zero attached hydrogens (tertiary/aromatic N) is 2. The zero-order valence-electron chi connectivity index (χ0n) is 16.3. The van der Waals surface area contributed by atoms with E-state index in [4.69, 9.17) is 9.47 Å². The van der Waals surface area contributed by atoms with Crippen molar-refractivity contribution in [1.29, 1.82) is 0 Å². The molecule has 28 heavy (non-hydrogen) atoms. The molecule has 0 atom stereocenters. The van der Waals surface area contributed by atoms with E-state index in [1.165, 1.54) is 23.5 Å². The number of methoxy groups -OCH3 is 1. The normalized spacial score (nSPS) is 16.4. The fourth-order valence-corrected chi connectivity index (χ4v) is 4.33. The zero-order valence-corrected chi connectivity index (χ0v) is 17.1. The smallest absolute Gasteiger partial charge is 0.407 e. The lowest BCUT2D eigenvalue weighted by Crippen LogP contribution is -2.47. The summed E-state index contributed by atoms with van der Waals surface area (Å²) in [4.78, 5) is 22.1. The van der Waals surface area contributed by atoms with Crippen LogP contribution in [0.5, 0.6) is 5.75 Å². The molecule has 0 radical (unpaired) electrons. The van der Waals surface area contributed by atoms with E-state index in [9.17, 15) is 23.3 Å². The molecule has 11 heteroatoms. The van der Waals surface area contributed by atoms with Crippen LogP contribution in [0.2, 0.25) is 0 Å². The van der Waals surface area contributed by atoms with Crippen LogP contribution in [-0.4, -0.2) is 55.6 Å². The maximum atomic E-state index is 12.8. The van der Waals surface area contributed by atoms with Crippen LogP contribution in [0.15, 0.2) is 23.1 Å². The summed E-state index contributed by atoms with van der Waals surface area (Å²) in [7, 11) is -2.62. The fourth-order valence-electron chi connectivity index (χ4n) is 2.84. The van der Waals surface area contributed by atoms with Crippen LogP contribution in [0.3, 0.4) is 0 Å². The first-order chi connectivity index (χ1) is 12.9. The minimum Gasteiger partial charge on any atom is -0.490 e. The van der Waals surface area contributed by atoms with Crippen molar-refractivity contribution in [3.63, 3.8) is 0 Å². The van der Waals surface area contributed by atoms with Gasteiger partial charge in [-0.15, -0.1) is 0 Å². The molecule has 1 saturated heterocycles. The average Bonchev–Trinajstić information content (AvgIpc) is 2.59. The van der Waals surface area contributed by atoms with Gasteiger partial charge in [-0.05, 0) is 45.7 Å². The standard InChI is InChI=1S/C17H25N3O7S/c1-17(2,3)27-16(21)18-12-7-9-19(10-8-12)28(24,25)13-5-6-15(26-4)14(11-13)20(22)23/h5-6,11-12H,7-10H2,1-4H3,(H,18,21). The Morgan fingerprint density at radius 1 is 1.29 bits per heavy atom. The van der Waals surface area contributed by atoms with Crippen LogP contribution in [0.25, 0.3) is 0 Å². The third kappa shape index (κ3) is 5.32. The van der Waals surface area contributed by atoms with Crippen molar-refractivity contribution in [1.82, 2.24) is 9.62 Å². The minimum atomic E-state index is -3.89. The van der Waals surface area contributed by atoms with E-state index < -0.39 is 32.3 Å². The number of alkyl carbamates (subject to hydrolysis) is 1. The summed E-state index contributed by atoms with van der Waals surface area (Å²) in [6.45, 7) is 5.65. The van der Waals surface area contributed by atoms with Gasteiger partial charge in [0.1, 0.15) is 5.60 Å². The molecule has 10 nitrogen and oxygen atoms in total. The first kappa shape index (κ1) is 21.9. The van der Waals surface area contributed by atoms with E-state index in [0.29, 0.717) is 12.8 Å². The van der Waals surface area contributed by atoms with Gasteiger partial charge < -0.3 is 14.8 Å². The van der Waals surface area contributed by atoms with E-state index in [-0.39, 0.29) is 29.8 Å². The lowest BCUT2D eigenvalue weighted by Gasteiger charge is -2.32. The highest BCUT2D eigenvalue weighted by Crippen LogP contribution is 2.31. The molecular weight excluding hydrogens is 390 g/mol. The predicted molar refractivity (Wildman–Crippen MR) is 101 cm³/mol. The van der Waals surface area contributed by atoms with Gasteiger partial charge in [0.25, 0.3) is 0 Å². The molecule has 1 heterocycles. The number of nitrogens with one attached hydrogen (secondary N) is 1. The van der Waals surface area contributed by atoms with Crippen molar-refractivity contribution in [2.24, 2.45) is 0 Å². The lowest BCUT2D eigenvalue weighted by molar-refractivity contribution is -0.386. The third-order valence-electron chi connectivity index (χ3n) is 4.16. The summed E-state index contributed by atoms with van der Waals surface area (Å²) in [6.07, 6.45) is 0.285. The first-order valence-corrected chi connectivity index (χ1v) is 10.2. The van der Waals surface area contributed by atoms with Crippen LogP contribution in [-0.2, 0) is 14.8 Å². The molecule has 1 amide bonds. The quantitative estimate of drug-likeness (QED) is 0.577. The summed E-state index contributed by atoms with van der Waals surface area (Å²) in [6, 6.07) is 3.35. The molecule has 156 valence electrons. The Balaban J connectivity index is 2.06. The molecule has 1 aromatic carbocycles. The number of hydrogen-bond acceptors (Lipinski definition) is 7. The topological polar surface area (TPSA) is 128 Å². The Kier molecular flexibility index (Phi) is 6.50. The maximum absolute atomic E-state index is 12.8. The summed E-state index contributed by atoms with van der Waals surface area (Å²) < 4.78 is 37.0. The van der Waals surface area contributed by atoms with Gasteiger partial charge in [-0.25, -0.2) is 13.2 Å². The third-order valence-corrected chi connectivity index (χ3v) is 6.05. The van der Waals surface area contributed by atoms with Crippen LogP contribution in [0.1, 0.15) is 33.6 Å². The summed E-state index contributed by atoms with van der Waals surface area (Å²) in [5.74, 6) is -0.00998. The summed E-state index contributed by atoms with van der Waals surface area (Å²) >= 11 is 0. The van der Waals surface area contributed by atoms with E-state index in [1.54, 1.807) is 20.8 Å². The number of ether oxygens (including phenoxy) is 2. The number of nitro groups is 1. The number of carbonyl (C=O) groups is 1. The number of nitro benzene ring substituents is 1. The molecule has 0 aromatic heterocycles. The van der Waals surface area contributed by atoms with Crippen molar-refractivity contribution in [3.8, 4) is 5.75 Å². The van der Waals surface area contributed by atoms with Gasteiger partial charge in [0, 0.05) is 25.2 Å². The van der Waals surface area contributed by atoms with Crippen molar-refractivity contribution in [3.05, 3.63) is 28.3 Å². The number of hydrogen-bond donors (Lipinski definition) is 1. The van der Waals surface area contributed by atoms with Gasteiger partial charge in [-0.1, -0.05) is 0 Å². The second-order valence-electron chi connectivity index (χ2n) is 7.42. The molecular formula is C17H25N3O7S. The number of piperidine rings is 1. The number of amides is 1. The van der Waals surface area contributed by atoms with Crippen LogP contribution in [0.4, 0.5) is 10.5 Å². The average molecular weight is 415 g/mol. The minimum absolute atomic E-state index is 0.00998. The molecule has 1 aromatic rings. The summed E-state index contributed by atoms with van der Waals surface area (Å²) in [5.41, 5.74) is -1.03. The molecule has 1 aliphatic rings. The monoisotopic (exact) mass is 415 g/mol. The van der Waals surface area contributed by atoms with Crippen molar-refractivity contribution in [2.75, 3.05) is 20.2 Å². The van der Waals surface area contributed by atoms with Gasteiger partial charge in [0.05, 0.1) is 16.9 Å². The molecule has 2 rings (SSSR count). The highest BCUT2D eigenvalue weighted by atomic mass is 32.2. The second-order valence-corrected chi connectivity index (χ2v) is 9.35. The van der Waals surface area contributed by atoms with Crippen LogP contribution < -0.4 is 10.1 Å². The predicted octanol–water partition coefficient (Wildman–Crippen LogP) is 2.28. The molecule has 0 spiro atoms. The van der Waals surface area contributed by atoms with Crippen LogP contribution in [0, 0.1) is 10.1 Å². The molecule has 0 bridgehead atoms.